The van der Waals surface area contributed by atoms with Crippen LogP contribution in [0.3, 0.4) is 0 Å². The topological polar surface area (TPSA) is 101 Å². The number of amides is 1. The molecule has 0 aromatic heterocycles. The van der Waals surface area contributed by atoms with Gasteiger partial charge in [0.1, 0.15) is 23.3 Å². The van der Waals surface area contributed by atoms with Gasteiger partial charge in [0, 0.05) is 21.9 Å². The summed E-state index contributed by atoms with van der Waals surface area (Å²) in [4.78, 5) is 18.3. The summed E-state index contributed by atoms with van der Waals surface area (Å²) < 4.78 is 13.9. The molecular formula is C22H25Br4N3O5. The first-order chi connectivity index (χ1) is 16.2. The fourth-order valence-electron chi connectivity index (χ4n) is 3.56. The molecule has 8 nitrogen and oxygen atoms in total. The van der Waals surface area contributed by atoms with Crippen molar-refractivity contribution < 1.29 is 24.2 Å². The summed E-state index contributed by atoms with van der Waals surface area (Å²) in [7, 11) is 3.41. The molecular weight excluding hydrogens is 706 g/mol. The number of rotatable bonds is 10. The van der Waals surface area contributed by atoms with E-state index in [2.05, 4.69) is 79.5 Å². The van der Waals surface area contributed by atoms with E-state index in [0.717, 1.165) is 33.2 Å². The van der Waals surface area contributed by atoms with Crippen molar-refractivity contribution in [2.24, 2.45) is 5.16 Å². The molecule has 2 unspecified atom stereocenters. The molecule has 0 bridgehead atoms. The molecule has 0 fully saturated rings. The van der Waals surface area contributed by atoms with Gasteiger partial charge in [0.15, 0.2) is 5.60 Å². The first-order valence-electron chi connectivity index (χ1n) is 10.5. The van der Waals surface area contributed by atoms with Crippen molar-refractivity contribution in [3.8, 4) is 5.75 Å². The molecule has 2 aliphatic rings. The second-order valence-corrected chi connectivity index (χ2v) is 11.1. The van der Waals surface area contributed by atoms with Crippen LogP contribution in [0.25, 0.3) is 0 Å². The maximum Gasteiger partial charge on any atom is 0.269 e. The Bertz CT molecular complexity index is 1010. The largest absolute Gasteiger partial charge is 0.495 e. The number of methoxy groups -OCH3 is 1. The normalized spacial score (nSPS) is 21.8. The summed E-state index contributed by atoms with van der Waals surface area (Å²) in [6.45, 7) is 1.91. The molecule has 1 aromatic rings. The predicted molar refractivity (Wildman–Crippen MR) is 144 cm³/mol. The lowest BCUT2D eigenvalue weighted by atomic mass is 9.87. The lowest BCUT2D eigenvalue weighted by molar-refractivity contribution is -0.114. The molecule has 1 amide bonds. The lowest BCUT2D eigenvalue weighted by Crippen LogP contribution is -2.45. The average molecular weight is 731 g/mol. The first-order valence-corrected chi connectivity index (χ1v) is 13.7. The number of oxime groups is 1. The average Bonchev–Trinajstić information content (AvgIpc) is 3.22. The Labute approximate surface area is 232 Å². The number of nitrogens with zero attached hydrogens (tertiary/aromatic N) is 1. The third-order valence-corrected chi connectivity index (χ3v) is 8.16. The molecule has 12 heteroatoms. The Morgan fingerprint density at radius 1 is 1.26 bits per heavy atom. The van der Waals surface area contributed by atoms with Gasteiger partial charge in [0.05, 0.1) is 22.7 Å². The van der Waals surface area contributed by atoms with Crippen LogP contribution in [0.5, 0.6) is 5.75 Å². The van der Waals surface area contributed by atoms with E-state index in [1.165, 1.54) is 7.11 Å². The summed E-state index contributed by atoms with van der Waals surface area (Å²) in [6, 6.07) is 3.85. The molecule has 2 atom stereocenters. The quantitative estimate of drug-likeness (QED) is 0.311. The van der Waals surface area contributed by atoms with Gasteiger partial charge in [0.25, 0.3) is 5.91 Å². The SMILES string of the molecule is CNCCCOc1cc(Br)c(CCNC(=O)C2=NOC3(C=C(Br)C(OC)=C(Br)C3O)C2)c(Br)c1. The van der Waals surface area contributed by atoms with Gasteiger partial charge in [-0.1, -0.05) is 37.0 Å². The van der Waals surface area contributed by atoms with Crippen LogP contribution in [-0.4, -0.2) is 62.3 Å². The number of nitrogens with one attached hydrogen (secondary N) is 2. The number of aliphatic hydroxyl groups excluding tert-OH is 1. The number of hydrogen-bond acceptors (Lipinski definition) is 7. The molecule has 0 saturated heterocycles. The molecule has 0 saturated carbocycles. The molecule has 1 aliphatic carbocycles. The van der Waals surface area contributed by atoms with Crippen molar-refractivity contribution in [2.45, 2.75) is 31.0 Å². The third-order valence-electron chi connectivity index (χ3n) is 5.36. The Balaban J connectivity index is 1.55. The molecule has 1 spiro atoms. The monoisotopic (exact) mass is 727 g/mol. The zero-order valence-corrected chi connectivity index (χ0v) is 24.9. The predicted octanol–water partition coefficient (Wildman–Crippen LogP) is 4.28. The number of halogens is 4. The zero-order chi connectivity index (χ0) is 24.9. The summed E-state index contributed by atoms with van der Waals surface area (Å²) in [5.74, 6) is 0.889. The second-order valence-electron chi connectivity index (χ2n) is 7.71. The van der Waals surface area contributed by atoms with Gasteiger partial charge in [-0.25, -0.2) is 0 Å². The van der Waals surface area contributed by atoms with Crippen LogP contribution in [0.2, 0.25) is 0 Å². The number of benzene rings is 1. The highest BCUT2D eigenvalue weighted by Gasteiger charge is 2.50. The van der Waals surface area contributed by atoms with Gasteiger partial charge in [-0.2, -0.15) is 0 Å². The standard InChI is InChI=1S/C22H25Br4N3O5/c1-27-5-3-7-33-12-8-14(23)13(15(24)9-12)4-6-28-21(31)17-11-22(34-29-17)10-16(25)19(32-2)18(26)20(22)30/h8-10,20,27,30H,3-7,11H2,1-2H3,(H,28,31). The Hall–Kier alpha value is -0.920. The first kappa shape index (κ1) is 27.7. The lowest BCUT2D eigenvalue weighted by Gasteiger charge is -2.33. The molecule has 0 radical (unpaired) electrons. The number of allylic oxidation sites excluding steroid dienone is 1. The number of aliphatic hydroxyl groups is 1. The number of carbonyl (C=O) groups excluding carboxylic acids is 1. The van der Waals surface area contributed by atoms with Crippen LogP contribution in [0, 0.1) is 0 Å². The van der Waals surface area contributed by atoms with E-state index in [4.69, 9.17) is 14.3 Å². The van der Waals surface area contributed by atoms with Crippen molar-refractivity contribution in [1.82, 2.24) is 10.6 Å². The van der Waals surface area contributed by atoms with E-state index in [1.54, 1.807) is 6.08 Å². The highest BCUT2D eigenvalue weighted by atomic mass is 79.9. The van der Waals surface area contributed by atoms with E-state index in [-0.39, 0.29) is 18.0 Å². The molecule has 1 aromatic carbocycles. The van der Waals surface area contributed by atoms with E-state index >= 15 is 0 Å². The molecule has 1 heterocycles. The molecule has 186 valence electrons. The second kappa shape index (κ2) is 12.4. The van der Waals surface area contributed by atoms with Crippen LogP contribution < -0.4 is 15.4 Å². The van der Waals surface area contributed by atoms with Crippen molar-refractivity contribution in [1.29, 1.82) is 0 Å². The molecule has 3 rings (SSSR count). The van der Waals surface area contributed by atoms with E-state index < -0.39 is 11.7 Å². The fourth-order valence-corrected chi connectivity index (χ4v) is 6.90. The minimum Gasteiger partial charge on any atom is -0.495 e. The fraction of sp³-hybridized carbons (Fsp3) is 0.455. The minimum absolute atomic E-state index is 0.119. The summed E-state index contributed by atoms with van der Waals surface area (Å²) in [5, 5.41) is 20.7. The van der Waals surface area contributed by atoms with Crippen molar-refractivity contribution in [3.05, 3.63) is 47.4 Å². The van der Waals surface area contributed by atoms with E-state index in [9.17, 15) is 9.90 Å². The van der Waals surface area contributed by atoms with Gasteiger partial charge < -0.3 is 30.1 Å². The van der Waals surface area contributed by atoms with Crippen LogP contribution >= 0.6 is 63.7 Å². The van der Waals surface area contributed by atoms with Crippen LogP contribution in [0.4, 0.5) is 0 Å². The Morgan fingerprint density at radius 2 is 1.97 bits per heavy atom. The molecule has 3 N–H and O–H groups in total. The third kappa shape index (κ3) is 6.25. The summed E-state index contributed by atoms with van der Waals surface area (Å²) in [5.41, 5.74) is 0.0430. The smallest absolute Gasteiger partial charge is 0.269 e. The van der Waals surface area contributed by atoms with Crippen molar-refractivity contribution in [3.63, 3.8) is 0 Å². The maximum absolute atomic E-state index is 12.7. The number of ether oxygens (including phenoxy) is 2. The number of carbonyl (C=O) groups is 1. The van der Waals surface area contributed by atoms with E-state index in [0.29, 0.717) is 34.3 Å². The maximum atomic E-state index is 12.7. The Morgan fingerprint density at radius 3 is 2.62 bits per heavy atom. The molecule has 34 heavy (non-hydrogen) atoms. The summed E-state index contributed by atoms with van der Waals surface area (Å²) >= 11 is 14.0. The highest BCUT2D eigenvalue weighted by Crippen LogP contribution is 2.43. The van der Waals surface area contributed by atoms with Gasteiger partial charge in [0.2, 0.25) is 0 Å². The van der Waals surface area contributed by atoms with Crippen molar-refractivity contribution >= 4 is 75.3 Å². The Kier molecular flexibility index (Phi) is 10.1. The van der Waals surface area contributed by atoms with Crippen LogP contribution in [0.1, 0.15) is 18.4 Å². The minimum atomic E-state index is -1.18. The van der Waals surface area contributed by atoms with Gasteiger partial charge >= 0.3 is 0 Å². The zero-order valence-electron chi connectivity index (χ0n) is 18.6. The van der Waals surface area contributed by atoms with Gasteiger partial charge in [-0.3, -0.25) is 4.79 Å². The van der Waals surface area contributed by atoms with Crippen LogP contribution in [0.15, 0.2) is 47.0 Å². The van der Waals surface area contributed by atoms with E-state index in [1.807, 2.05) is 19.2 Å². The van der Waals surface area contributed by atoms with Gasteiger partial charge in [-0.15, -0.1) is 0 Å². The van der Waals surface area contributed by atoms with Crippen LogP contribution in [-0.2, 0) is 20.8 Å². The summed E-state index contributed by atoms with van der Waals surface area (Å²) in [6.07, 6.45) is 2.23. The molecule has 1 aliphatic heterocycles. The highest BCUT2D eigenvalue weighted by molar-refractivity contribution is 9.12. The van der Waals surface area contributed by atoms with Gasteiger partial charge in [-0.05, 0) is 82.1 Å². The number of hydrogen-bond donors (Lipinski definition) is 3. The van der Waals surface area contributed by atoms with Crippen molar-refractivity contribution in [2.75, 3.05) is 33.9 Å².